The van der Waals surface area contributed by atoms with Gasteiger partial charge in [-0.2, -0.15) is 5.26 Å². The first-order valence-corrected chi connectivity index (χ1v) is 5.64. The number of hydrogen-bond acceptors (Lipinski definition) is 5. The summed E-state index contributed by atoms with van der Waals surface area (Å²) in [4.78, 5) is 22.4. The molecule has 0 saturated heterocycles. The average Bonchev–Trinajstić information content (AvgIpc) is 2.36. The molecule has 0 spiro atoms. The van der Waals surface area contributed by atoms with Gasteiger partial charge in [-0.15, -0.1) is 0 Å². The van der Waals surface area contributed by atoms with E-state index in [-0.39, 0.29) is 17.8 Å². The maximum atomic E-state index is 10.8. The maximum Gasteiger partial charge on any atom is 0.323 e. The summed E-state index contributed by atoms with van der Waals surface area (Å²) in [6.45, 7) is 2.09. The van der Waals surface area contributed by atoms with Crippen LogP contribution in [0.4, 0.5) is 11.4 Å². The molecule has 7 nitrogen and oxygen atoms in total. The van der Waals surface area contributed by atoms with E-state index in [4.69, 9.17) is 10.4 Å². The Morgan fingerprint density at radius 3 is 2.74 bits per heavy atom. The third-order valence-electron chi connectivity index (χ3n) is 2.47. The monoisotopic (exact) mass is 263 g/mol. The Bertz CT molecular complexity index is 536. The van der Waals surface area contributed by atoms with Crippen molar-refractivity contribution in [1.82, 2.24) is 0 Å². The summed E-state index contributed by atoms with van der Waals surface area (Å²) in [6, 6.07) is 5.69. The summed E-state index contributed by atoms with van der Waals surface area (Å²) in [5, 5.41) is 28.5. The smallest absolute Gasteiger partial charge is 0.323 e. The van der Waals surface area contributed by atoms with Crippen molar-refractivity contribution >= 4 is 17.3 Å². The van der Waals surface area contributed by atoms with Gasteiger partial charge in [-0.05, 0) is 12.5 Å². The van der Waals surface area contributed by atoms with Gasteiger partial charge in [-0.25, -0.2) is 0 Å². The van der Waals surface area contributed by atoms with E-state index in [1.165, 1.54) is 17.0 Å². The van der Waals surface area contributed by atoms with Gasteiger partial charge in [0, 0.05) is 18.7 Å². The standard InChI is InChI=1S/C12H13N3O4/c1-2-5-14(8-12(16)17)11-4-3-10(15(18)19)6-9(11)7-13/h3-4,6H,2,5,8H2,1H3,(H,16,17). The number of nitro groups is 1. The molecule has 0 aliphatic carbocycles. The minimum absolute atomic E-state index is 0.101. The second-order valence-corrected chi connectivity index (χ2v) is 3.89. The van der Waals surface area contributed by atoms with Gasteiger partial charge < -0.3 is 10.0 Å². The van der Waals surface area contributed by atoms with Crippen LogP contribution in [0.2, 0.25) is 0 Å². The molecule has 1 N–H and O–H groups in total. The highest BCUT2D eigenvalue weighted by molar-refractivity contribution is 5.75. The second kappa shape index (κ2) is 6.35. The van der Waals surface area contributed by atoms with Crippen molar-refractivity contribution < 1.29 is 14.8 Å². The number of non-ortho nitro benzene ring substituents is 1. The summed E-state index contributed by atoms with van der Waals surface area (Å²) in [7, 11) is 0. The lowest BCUT2D eigenvalue weighted by molar-refractivity contribution is -0.384. The first kappa shape index (κ1) is 14.4. The summed E-state index contributed by atoms with van der Waals surface area (Å²) < 4.78 is 0. The van der Waals surface area contributed by atoms with Gasteiger partial charge in [0.1, 0.15) is 12.6 Å². The summed E-state index contributed by atoms with van der Waals surface area (Å²) in [6.07, 6.45) is 0.704. The highest BCUT2D eigenvalue weighted by Crippen LogP contribution is 2.25. The Hall–Kier alpha value is -2.62. The fourth-order valence-electron chi connectivity index (χ4n) is 1.72. The normalized spacial score (nSPS) is 9.68. The van der Waals surface area contributed by atoms with Gasteiger partial charge in [-0.3, -0.25) is 14.9 Å². The van der Waals surface area contributed by atoms with Gasteiger partial charge >= 0.3 is 5.97 Å². The molecule has 0 fully saturated rings. The molecule has 100 valence electrons. The first-order valence-electron chi connectivity index (χ1n) is 5.64. The zero-order valence-electron chi connectivity index (χ0n) is 10.4. The number of nitro benzene ring substituents is 1. The molecular formula is C12H13N3O4. The van der Waals surface area contributed by atoms with E-state index in [0.717, 1.165) is 6.07 Å². The third-order valence-corrected chi connectivity index (χ3v) is 2.47. The average molecular weight is 263 g/mol. The van der Waals surface area contributed by atoms with Crippen molar-refractivity contribution in [3.63, 3.8) is 0 Å². The quantitative estimate of drug-likeness (QED) is 0.619. The lowest BCUT2D eigenvalue weighted by atomic mass is 10.1. The number of carbonyl (C=O) groups is 1. The number of anilines is 1. The molecule has 1 aromatic carbocycles. The van der Waals surface area contributed by atoms with Crippen molar-refractivity contribution in [2.75, 3.05) is 18.0 Å². The van der Waals surface area contributed by atoms with E-state index in [1.807, 2.05) is 13.0 Å². The predicted molar refractivity (Wildman–Crippen MR) is 68.0 cm³/mol. The Morgan fingerprint density at radius 1 is 1.58 bits per heavy atom. The zero-order valence-corrected chi connectivity index (χ0v) is 10.4. The van der Waals surface area contributed by atoms with E-state index >= 15 is 0 Å². The van der Waals surface area contributed by atoms with Gasteiger partial charge in [-0.1, -0.05) is 6.92 Å². The SMILES string of the molecule is CCCN(CC(=O)O)c1ccc([N+](=O)[O-])cc1C#N. The van der Waals surface area contributed by atoms with Crippen LogP contribution in [0.3, 0.4) is 0 Å². The molecular weight excluding hydrogens is 250 g/mol. The van der Waals surface area contributed by atoms with E-state index in [0.29, 0.717) is 18.7 Å². The Morgan fingerprint density at radius 2 is 2.26 bits per heavy atom. The largest absolute Gasteiger partial charge is 0.480 e. The summed E-state index contributed by atoms with van der Waals surface area (Å²) >= 11 is 0. The number of carboxylic acid groups (broad SMARTS) is 1. The van der Waals surface area contributed by atoms with Crippen LogP contribution in [0.1, 0.15) is 18.9 Å². The molecule has 0 aliphatic rings. The molecule has 0 saturated carbocycles. The van der Waals surface area contributed by atoms with Crippen LogP contribution in [0.25, 0.3) is 0 Å². The molecule has 0 unspecified atom stereocenters. The van der Waals surface area contributed by atoms with E-state index in [2.05, 4.69) is 0 Å². The Labute approximate surface area is 109 Å². The molecule has 7 heteroatoms. The van der Waals surface area contributed by atoms with Crippen LogP contribution in [0.5, 0.6) is 0 Å². The minimum Gasteiger partial charge on any atom is -0.480 e. The van der Waals surface area contributed by atoms with Crippen LogP contribution < -0.4 is 4.90 Å². The van der Waals surface area contributed by atoms with E-state index < -0.39 is 10.9 Å². The molecule has 0 bridgehead atoms. The molecule has 0 aliphatic heterocycles. The Balaban J connectivity index is 3.19. The van der Waals surface area contributed by atoms with Crippen LogP contribution in [0, 0.1) is 21.4 Å². The molecule has 0 radical (unpaired) electrons. The molecule has 0 atom stereocenters. The van der Waals surface area contributed by atoms with Crippen LogP contribution in [0.15, 0.2) is 18.2 Å². The van der Waals surface area contributed by atoms with Gasteiger partial charge in [0.2, 0.25) is 0 Å². The summed E-state index contributed by atoms with van der Waals surface area (Å²) in [5.74, 6) is -1.02. The van der Waals surface area contributed by atoms with E-state index in [1.54, 1.807) is 0 Å². The van der Waals surface area contributed by atoms with Gasteiger partial charge in [0.15, 0.2) is 0 Å². The molecule has 0 amide bonds. The van der Waals surface area contributed by atoms with Crippen molar-refractivity contribution in [3.8, 4) is 6.07 Å². The number of nitriles is 1. The van der Waals surface area contributed by atoms with Crippen molar-refractivity contribution in [2.45, 2.75) is 13.3 Å². The lowest BCUT2D eigenvalue weighted by Crippen LogP contribution is -2.31. The fourth-order valence-corrected chi connectivity index (χ4v) is 1.72. The fraction of sp³-hybridized carbons (Fsp3) is 0.333. The van der Waals surface area contributed by atoms with Crippen LogP contribution in [-0.2, 0) is 4.79 Å². The van der Waals surface area contributed by atoms with Crippen LogP contribution >= 0.6 is 0 Å². The lowest BCUT2D eigenvalue weighted by Gasteiger charge is -2.23. The highest BCUT2D eigenvalue weighted by atomic mass is 16.6. The first-order chi connectivity index (χ1) is 8.99. The number of hydrogen-bond donors (Lipinski definition) is 1. The number of benzene rings is 1. The van der Waals surface area contributed by atoms with Crippen molar-refractivity contribution in [1.29, 1.82) is 5.26 Å². The number of rotatable bonds is 6. The summed E-state index contributed by atoms with van der Waals surface area (Å²) in [5.41, 5.74) is 0.313. The predicted octanol–water partition coefficient (Wildman–Crippen LogP) is 1.77. The van der Waals surface area contributed by atoms with Gasteiger partial charge in [0.05, 0.1) is 16.2 Å². The second-order valence-electron chi connectivity index (χ2n) is 3.89. The molecule has 19 heavy (non-hydrogen) atoms. The topological polar surface area (TPSA) is 107 Å². The van der Waals surface area contributed by atoms with E-state index in [9.17, 15) is 14.9 Å². The van der Waals surface area contributed by atoms with Crippen LogP contribution in [-0.4, -0.2) is 29.1 Å². The Kier molecular flexibility index (Phi) is 4.83. The highest BCUT2D eigenvalue weighted by Gasteiger charge is 2.17. The number of carboxylic acids is 1. The van der Waals surface area contributed by atoms with Crippen molar-refractivity contribution in [2.24, 2.45) is 0 Å². The molecule has 0 aromatic heterocycles. The zero-order chi connectivity index (χ0) is 14.4. The number of aliphatic carboxylic acids is 1. The van der Waals surface area contributed by atoms with Crippen molar-refractivity contribution in [3.05, 3.63) is 33.9 Å². The minimum atomic E-state index is -1.02. The number of nitrogens with zero attached hydrogens (tertiary/aromatic N) is 3. The molecule has 1 aromatic rings. The van der Waals surface area contributed by atoms with Gasteiger partial charge in [0.25, 0.3) is 5.69 Å². The molecule has 1 rings (SSSR count). The molecule has 0 heterocycles. The maximum absolute atomic E-state index is 10.8. The third kappa shape index (κ3) is 3.67.